The number of non-ortho nitro benzene ring substituents is 1. The van der Waals surface area contributed by atoms with Gasteiger partial charge in [0.05, 0.1) is 18.1 Å². The molecule has 0 saturated heterocycles. The van der Waals surface area contributed by atoms with Gasteiger partial charge in [-0.15, -0.1) is 0 Å². The number of hydrogen-bond acceptors (Lipinski definition) is 7. The Labute approximate surface area is 156 Å². The van der Waals surface area contributed by atoms with Gasteiger partial charge in [-0.2, -0.15) is 0 Å². The predicted molar refractivity (Wildman–Crippen MR) is 96.6 cm³/mol. The fourth-order valence-corrected chi connectivity index (χ4v) is 2.09. The van der Waals surface area contributed by atoms with Crippen LogP contribution in [-0.4, -0.2) is 42.0 Å². The number of benzene rings is 1. The van der Waals surface area contributed by atoms with Gasteiger partial charge in [-0.05, 0) is 44.0 Å². The molecule has 1 rings (SSSR count). The van der Waals surface area contributed by atoms with Crippen LogP contribution in [0.1, 0.15) is 32.3 Å². The molecule has 0 aromatic heterocycles. The maximum absolute atomic E-state index is 12.1. The van der Waals surface area contributed by atoms with E-state index in [0.29, 0.717) is 5.56 Å². The van der Waals surface area contributed by atoms with Crippen LogP contribution in [0.15, 0.2) is 30.3 Å². The second kappa shape index (κ2) is 11.4. The van der Waals surface area contributed by atoms with Gasteiger partial charge in [0, 0.05) is 24.6 Å². The van der Waals surface area contributed by atoms with E-state index in [1.54, 1.807) is 13.8 Å². The van der Waals surface area contributed by atoms with Crippen molar-refractivity contribution in [2.45, 2.75) is 32.7 Å². The summed E-state index contributed by atoms with van der Waals surface area (Å²) in [6.45, 7) is 3.68. The first-order valence-corrected chi connectivity index (χ1v) is 8.42. The summed E-state index contributed by atoms with van der Waals surface area (Å²) in [4.78, 5) is 45.5. The molecule has 0 spiro atoms. The summed E-state index contributed by atoms with van der Waals surface area (Å²) in [5, 5.41) is 13.1. The third-order valence-electron chi connectivity index (χ3n) is 3.36. The lowest BCUT2D eigenvalue weighted by Crippen LogP contribution is -2.41. The summed E-state index contributed by atoms with van der Waals surface area (Å²) in [5.41, 5.74) is 0.521. The Balaban J connectivity index is 2.69. The Morgan fingerprint density at radius 1 is 1.15 bits per heavy atom. The fraction of sp³-hybridized carbons (Fsp3) is 0.389. The highest BCUT2D eigenvalue weighted by Gasteiger charge is 2.22. The van der Waals surface area contributed by atoms with Crippen molar-refractivity contribution < 1.29 is 28.8 Å². The van der Waals surface area contributed by atoms with Crippen molar-refractivity contribution in [1.29, 1.82) is 0 Å². The monoisotopic (exact) mass is 378 g/mol. The highest BCUT2D eigenvalue weighted by Crippen LogP contribution is 2.12. The number of esters is 2. The molecule has 146 valence electrons. The molecule has 0 aliphatic heterocycles. The van der Waals surface area contributed by atoms with Gasteiger partial charge in [0.1, 0.15) is 6.04 Å². The van der Waals surface area contributed by atoms with E-state index >= 15 is 0 Å². The highest BCUT2D eigenvalue weighted by molar-refractivity contribution is 5.94. The van der Waals surface area contributed by atoms with Crippen molar-refractivity contribution in [3.05, 3.63) is 46.0 Å². The predicted octanol–water partition coefficient (Wildman–Crippen LogP) is 2.00. The van der Waals surface area contributed by atoms with Crippen molar-refractivity contribution in [3.8, 4) is 0 Å². The second-order valence-corrected chi connectivity index (χ2v) is 5.34. The molecule has 1 amide bonds. The van der Waals surface area contributed by atoms with Crippen LogP contribution in [0.5, 0.6) is 0 Å². The van der Waals surface area contributed by atoms with Crippen LogP contribution in [0.3, 0.4) is 0 Å². The minimum absolute atomic E-state index is 0.0380. The summed E-state index contributed by atoms with van der Waals surface area (Å²) < 4.78 is 9.70. The summed E-state index contributed by atoms with van der Waals surface area (Å²) in [5.74, 6) is -1.67. The number of nitro groups is 1. The van der Waals surface area contributed by atoms with Crippen molar-refractivity contribution >= 4 is 29.6 Å². The summed E-state index contributed by atoms with van der Waals surface area (Å²) in [7, 11) is 0. The van der Waals surface area contributed by atoms with Crippen molar-refractivity contribution in [3.63, 3.8) is 0 Å². The van der Waals surface area contributed by atoms with Gasteiger partial charge in [-0.1, -0.05) is 0 Å². The third kappa shape index (κ3) is 8.13. The molecule has 1 atom stereocenters. The largest absolute Gasteiger partial charge is 0.466 e. The van der Waals surface area contributed by atoms with Gasteiger partial charge >= 0.3 is 11.9 Å². The van der Waals surface area contributed by atoms with Crippen molar-refractivity contribution in [2.24, 2.45) is 0 Å². The topological polar surface area (TPSA) is 125 Å². The number of nitrogens with one attached hydrogen (secondary N) is 1. The van der Waals surface area contributed by atoms with E-state index in [4.69, 9.17) is 9.47 Å². The Kier molecular flexibility index (Phi) is 9.21. The molecule has 0 bridgehead atoms. The van der Waals surface area contributed by atoms with E-state index in [-0.39, 0.29) is 31.7 Å². The van der Waals surface area contributed by atoms with Crippen LogP contribution in [0, 0.1) is 10.1 Å². The maximum atomic E-state index is 12.1. The van der Waals surface area contributed by atoms with E-state index in [1.807, 2.05) is 0 Å². The number of rotatable bonds is 10. The van der Waals surface area contributed by atoms with Gasteiger partial charge in [-0.3, -0.25) is 19.7 Å². The molecule has 0 saturated carbocycles. The molecule has 0 aliphatic carbocycles. The lowest BCUT2D eigenvalue weighted by atomic mass is 10.1. The third-order valence-corrected chi connectivity index (χ3v) is 3.36. The molecule has 1 aromatic rings. The molecule has 0 unspecified atom stereocenters. The van der Waals surface area contributed by atoms with E-state index in [0.717, 1.165) is 0 Å². The van der Waals surface area contributed by atoms with Crippen LogP contribution >= 0.6 is 0 Å². The molecule has 0 radical (unpaired) electrons. The highest BCUT2D eigenvalue weighted by atomic mass is 16.6. The van der Waals surface area contributed by atoms with Crippen LogP contribution in [-0.2, 0) is 23.9 Å². The van der Waals surface area contributed by atoms with Crippen LogP contribution in [0.4, 0.5) is 5.69 Å². The Hall–Kier alpha value is -3.23. The maximum Gasteiger partial charge on any atom is 0.328 e. The quantitative estimate of drug-likeness (QED) is 0.286. The van der Waals surface area contributed by atoms with E-state index < -0.39 is 28.8 Å². The Morgan fingerprint density at radius 3 is 2.33 bits per heavy atom. The molecule has 1 N–H and O–H groups in total. The first-order chi connectivity index (χ1) is 12.9. The van der Waals surface area contributed by atoms with Crippen LogP contribution in [0.25, 0.3) is 6.08 Å². The smallest absolute Gasteiger partial charge is 0.328 e. The SMILES string of the molecule is CCOC(=O)CC[C@H](NC(=O)/C=C\c1ccc([N+](=O)[O-])cc1)C(=O)OCC. The zero-order chi connectivity index (χ0) is 20.2. The second-order valence-electron chi connectivity index (χ2n) is 5.34. The molecular weight excluding hydrogens is 356 g/mol. The number of nitrogens with zero attached hydrogens (tertiary/aromatic N) is 1. The molecule has 0 heterocycles. The number of amides is 1. The lowest BCUT2D eigenvalue weighted by molar-refractivity contribution is -0.384. The van der Waals surface area contributed by atoms with Crippen molar-refractivity contribution in [2.75, 3.05) is 13.2 Å². The minimum atomic E-state index is -0.983. The molecule has 0 fully saturated rings. The minimum Gasteiger partial charge on any atom is -0.466 e. The summed E-state index contributed by atoms with van der Waals surface area (Å²) >= 11 is 0. The standard InChI is InChI=1S/C18H22N2O7/c1-3-26-17(22)12-10-15(18(23)27-4-2)19-16(21)11-7-13-5-8-14(9-6-13)20(24)25/h5-9,11,15H,3-4,10,12H2,1-2H3,(H,19,21)/b11-7-/t15-/m0/s1. The first-order valence-electron chi connectivity index (χ1n) is 8.42. The summed E-state index contributed by atoms with van der Waals surface area (Å²) in [6.07, 6.45) is 2.66. The van der Waals surface area contributed by atoms with Gasteiger partial charge in [-0.25, -0.2) is 4.79 Å². The Morgan fingerprint density at radius 2 is 1.78 bits per heavy atom. The normalized spacial score (nSPS) is 11.6. The van der Waals surface area contributed by atoms with E-state index in [1.165, 1.54) is 36.4 Å². The average molecular weight is 378 g/mol. The number of carbonyl (C=O) groups is 3. The van der Waals surface area contributed by atoms with Crippen LogP contribution in [0.2, 0.25) is 0 Å². The number of hydrogen-bond donors (Lipinski definition) is 1. The van der Waals surface area contributed by atoms with Gasteiger partial charge in [0.25, 0.3) is 5.69 Å². The summed E-state index contributed by atoms with van der Waals surface area (Å²) in [6, 6.07) is 4.64. The van der Waals surface area contributed by atoms with Crippen LogP contribution < -0.4 is 5.32 Å². The lowest BCUT2D eigenvalue weighted by Gasteiger charge is -2.15. The molecule has 9 heteroatoms. The molecule has 0 aliphatic rings. The van der Waals surface area contributed by atoms with Gasteiger partial charge in [0.2, 0.25) is 5.91 Å². The number of nitro benzene ring substituents is 1. The van der Waals surface area contributed by atoms with Gasteiger partial charge in [0.15, 0.2) is 0 Å². The number of ether oxygens (including phenoxy) is 2. The van der Waals surface area contributed by atoms with Crippen molar-refractivity contribution in [1.82, 2.24) is 5.32 Å². The average Bonchev–Trinajstić information content (AvgIpc) is 2.64. The van der Waals surface area contributed by atoms with E-state index in [9.17, 15) is 24.5 Å². The zero-order valence-electron chi connectivity index (χ0n) is 15.2. The fourth-order valence-electron chi connectivity index (χ4n) is 2.09. The van der Waals surface area contributed by atoms with E-state index in [2.05, 4.69) is 5.32 Å². The first kappa shape index (κ1) is 21.8. The Bertz CT molecular complexity index is 698. The molecule has 1 aromatic carbocycles. The zero-order valence-corrected chi connectivity index (χ0v) is 15.2. The molecular formula is C18H22N2O7. The van der Waals surface area contributed by atoms with Gasteiger partial charge < -0.3 is 14.8 Å². The molecule has 27 heavy (non-hydrogen) atoms. The molecule has 9 nitrogen and oxygen atoms in total. The number of carbonyl (C=O) groups excluding carboxylic acids is 3.